The van der Waals surface area contributed by atoms with Crippen LogP contribution < -0.4 is 10.1 Å². The molecule has 1 amide bonds. The van der Waals surface area contributed by atoms with Gasteiger partial charge in [-0.3, -0.25) is 4.79 Å². The van der Waals surface area contributed by atoms with Crippen molar-refractivity contribution in [3.05, 3.63) is 64.2 Å². The van der Waals surface area contributed by atoms with E-state index in [0.29, 0.717) is 10.8 Å². The summed E-state index contributed by atoms with van der Waals surface area (Å²) >= 11 is 5.87. The highest BCUT2D eigenvalue weighted by atomic mass is 35.5. The molecular weight excluding hydrogens is 322 g/mol. The first-order valence-corrected chi connectivity index (χ1v) is 8.39. The Morgan fingerprint density at radius 3 is 2.38 bits per heavy atom. The Bertz CT molecular complexity index is 723. The van der Waals surface area contributed by atoms with Gasteiger partial charge in [0.15, 0.2) is 5.60 Å². The quantitative estimate of drug-likeness (QED) is 0.828. The van der Waals surface area contributed by atoms with Gasteiger partial charge in [0.2, 0.25) is 0 Å². The number of nitrogens with one attached hydrogen (secondary N) is 1. The molecule has 0 radical (unpaired) electrons. The molecular formula is C20H24ClNO2. The van der Waals surface area contributed by atoms with Crippen LogP contribution in [0.4, 0.5) is 0 Å². The summed E-state index contributed by atoms with van der Waals surface area (Å²) in [4.78, 5) is 12.7. The van der Waals surface area contributed by atoms with E-state index < -0.39 is 5.60 Å². The summed E-state index contributed by atoms with van der Waals surface area (Å²) in [5, 5.41) is 3.68. The Balaban J connectivity index is 2.09. The molecule has 0 heterocycles. The number of carbonyl (C=O) groups excluding carboxylic acids is 1. The van der Waals surface area contributed by atoms with Crippen LogP contribution in [0.15, 0.2) is 42.5 Å². The molecule has 0 aliphatic heterocycles. The molecule has 1 N–H and O–H groups in total. The largest absolute Gasteiger partial charge is 0.478 e. The lowest BCUT2D eigenvalue weighted by Gasteiger charge is -2.28. The van der Waals surface area contributed by atoms with E-state index in [0.717, 1.165) is 11.1 Å². The van der Waals surface area contributed by atoms with Crippen LogP contribution in [0.25, 0.3) is 0 Å². The smallest absolute Gasteiger partial charge is 0.264 e. The van der Waals surface area contributed by atoms with Crippen LogP contribution in [0, 0.1) is 13.8 Å². The van der Waals surface area contributed by atoms with Crippen molar-refractivity contribution in [1.82, 2.24) is 5.32 Å². The molecule has 0 fully saturated rings. The number of benzene rings is 2. The molecule has 0 saturated heterocycles. The minimum absolute atomic E-state index is 0.0921. The van der Waals surface area contributed by atoms with Crippen LogP contribution in [-0.2, 0) is 4.79 Å². The average molecular weight is 346 g/mol. The maximum absolute atomic E-state index is 12.7. The molecule has 128 valence electrons. The Morgan fingerprint density at radius 2 is 1.75 bits per heavy atom. The van der Waals surface area contributed by atoms with Crippen molar-refractivity contribution >= 4 is 17.5 Å². The number of amides is 1. The van der Waals surface area contributed by atoms with Crippen molar-refractivity contribution in [3.8, 4) is 5.75 Å². The van der Waals surface area contributed by atoms with Crippen LogP contribution in [-0.4, -0.2) is 11.5 Å². The number of hydrogen-bond acceptors (Lipinski definition) is 2. The molecule has 2 aromatic carbocycles. The van der Waals surface area contributed by atoms with Gasteiger partial charge in [0.05, 0.1) is 6.04 Å². The van der Waals surface area contributed by atoms with E-state index in [2.05, 4.69) is 23.5 Å². The van der Waals surface area contributed by atoms with Gasteiger partial charge in [-0.25, -0.2) is 0 Å². The number of hydrogen-bond donors (Lipinski definition) is 1. The van der Waals surface area contributed by atoms with Gasteiger partial charge in [-0.1, -0.05) is 35.4 Å². The molecule has 24 heavy (non-hydrogen) atoms. The molecule has 2 aromatic rings. The lowest BCUT2D eigenvalue weighted by Crippen LogP contribution is -2.47. The monoisotopic (exact) mass is 345 g/mol. The highest BCUT2D eigenvalue weighted by Gasteiger charge is 2.31. The van der Waals surface area contributed by atoms with Crippen LogP contribution in [0.1, 0.15) is 43.5 Å². The first-order chi connectivity index (χ1) is 11.2. The highest BCUT2D eigenvalue weighted by molar-refractivity contribution is 6.30. The van der Waals surface area contributed by atoms with Gasteiger partial charge >= 0.3 is 0 Å². The van der Waals surface area contributed by atoms with E-state index >= 15 is 0 Å². The number of ether oxygens (including phenoxy) is 1. The third kappa shape index (κ3) is 4.51. The molecule has 0 aliphatic rings. The second kappa shape index (κ2) is 7.27. The summed E-state index contributed by atoms with van der Waals surface area (Å²) in [6.07, 6.45) is 0. The fourth-order valence-electron chi connectivity index (χ4n) is 2.52. The van der Waals surface area contributed by atoms with E-state index in [9.17, 15) is 4.79 Å². The van der Waals surface area contributed by atoms with E-state index in [1.165, 1.54) is 5.56 Å². The van der Waals surface area contributed by atoms with E-state index in [-0.39, 0.29) is 11.9 Å². The lowest BCUT2D eigenvalue weighted by molar-refractivity contribution is -0.134. The molecule has 0 saturated carbocycles. The lowest BCUT2D eigenvalue weighted by atomic mass is 9.99. The van der Waals surface area contributed by atoms with Crippen molar-refractivity contribution in [2.75, 3.05) is 0 Å². The third-order valence-corrected chi connectivity index (χ3v) is 4.23. The number of halogens is 1. The molecule has 0 spiro atoms. The first kappa shape index (κ1) is 18.3. The van der Waals surface area contributed by atoms with Crippen molar-refractivity contribution in [3.63, 3.8) is 0 Å². The second-order valence-corrected chi connectivity index (χ2v) is 7.06. The summed E-state index contributed by atoms with van der Waals surface area (Å²) in [7, 11) is 0. The molecule has 0 aliphatic carbocycles. The van der Waals surface area contributed by atoms with Crippen LogP contribution in [0.3, 0.4) is 0 Å². The molecule has 0 unspecified atom stereocenters. The predicted octanol–water partition coefficient (Wildman–Crippen LogP) is 4.99. The van der Waals surface area contributed by atoms with Gasteiger partial charge in [0.1, 0.15) is 5.75 Å². The fraction of sp³-hybridized carbons (Fsp3) is 0.350. The Morgan fingerprint density at radius 1 is 1.12 bits per heavy atom. The fourth-order valence-corrected chi connectivity index (χ4v) is 2.64. The van der Waals surface area contributed by atoms with Crippen molar-refractivity contribution in [1.29, 1.82) is 0 Å². The maximum atomic E-state index is 12.7. The normalized spacial score (nSPS) is 12.6. The highest BCUT2D eigenvalue weighted by Crippen LogP contribution is 2.23. The Hall–Kier alpha value is -2.00. The van der Waals surface area contributed by atoms with Crippen molar-refractivity contribution in [2.24, 2.45) is 0 Å². The molecule has 0 aromatic heterocycles. The van der Waals surface area contributed by atoms with Crippen LogP contribution >= 0.6 is 11.6 Å². The molecule has 4 heteroatoms. The molecule has 2 rings (SSSR count). The van der Waals surface area contributed by atoms with Gasteiger partial charge in [0, 0.05) is 5.02 Å². The van der Waals surface area contributed by atoms with Gasteiger partial charge in [0.25, 0.3) is 5.91 Å². The zero-order chi connectivity index (χ0) is 17.9. The van der Waals surface area contributed by atoms with Crippen LogP contribution in [0.5, 0.6) is 5.75 Å². The molecule has 1 atom stereocenters. The summed E-state index contributed by atoms with van der Waals surface area (Å²) in [5.74, 6) is 0.449. The second-order valence-electron chi connectivity index (χ2n) is 6.62. The number of carbonyl (C=O) groups is 1. The number of rotatable bonds is 5. The topological polar surface area (TPSA) is 38.3 Å². The third-order valence-electron chi connectivity index (χ3n) is 3.98. The van der Waals surface area contributed by atoms with Gasteiger partial charge in [-0.2, -0.15) is 0 Å². The molecule has 3 nitrogen and oxygen atoms in total. The van der Waals surface area contributed by atoms with Gasteiger partial charge in [-0.05, 0) is 70.0 Å². The average Bonchev–Trinajstić information content (AvgIpc) is 2.51. The number of aryl methyl sites for hydroxylation is 2. The minimum atomic E-state index is -0.986. The van der Waals surface area contributed by atoms with E-state index in [1.807, 2.05) is 20.8 Å². The first-order valence-electron chi connectivity index (χ1n) is 8.02. The van der Waals surface area contributed by atoms with Crippen molar-refractivity contribution < 1.29 is 9.53 Å². The van der Waals surface area contributed by atoms with Gasteiger partial charge < -0.3 is 10.1 Å². The predicted molar refractivity (Wildman–Crippen MR) is 98.6 cm³/mol. The zero-order valence-corrected chi connectivity index (χ0v) is 15.6. The van der Waals surface area contributed by atoms with Crippen LogP contribution in [0.2, 0.25) is 5.02 Å². The SMILES string of the molecule is Cc1ccc(C)c([C@H](C)NC(=O)C(C)(C)Oc2ccc(Cl)cc2)c1. The Kier molecular flexibility index (Phi) is 5.55. The summed E-state index contributed by atoms with van der Waals surface area (Å²) < 4.78 is 5.84. The summed E-state index contributed by atoms with van der Waals surface area (Å²) in [6, 6.07) is 13.1. The standard InChI is InChI=1S/C20H24ClNO2/c1-13-6-7-14(2)18(12-13)15(3)22-19(23)20(4,5)24-17-10-8-16(21)9-11-17/h6-12,15H,1-5H3,(H,22,23)/t15-/m0/s1. The Labute approximate surface area is 149 Å². The van der Waals surface area contributed by atoms with E-state index in [4.69, 9.17) is 16.3 Å². The summed E-state index contributed by atoms with van der Waals surface area (Å²) in [6.45, 7) is 9.59. The maximum Gasteiger partial charge on any atom is 0.264 e. The minimum Gasteiger partial charge on any atom is -0.478 e. The zero-order valence-electron chi connectivity index (χ0n) is 14.8. The molecule has 0 bridgehead atoms. The van der Waals surface area contributed by atoms with Crippen molar-refractivity contribution in [2.45, 2.75) is 46.3 Å². The van der Waals surface area contributed by atoms with E-state index in [1.54, 1.807) is 38.1 Å². The van der Waals surface area contributed by atoms with Gasteiger partial charge in [-0.15, -0.1) is 0 Å². The summed E-state index contributed by atoms with van der Waals surface area (Å²) in [5.41, 5.74) is 2.46.